The molecular weight excluding hydrogens is 231 g/mol. The molecule has 2 N–H and O–H groups in total. The third-order valence-corrected chi connectivity index (χ3v) is 2.83. The highest BCUT2D eigenvalue weighted by atomic mass is 19.4. The SMILES string of the molecule is N[C@@H](CC1CC1)c1ccccc1OC(F)(F)F. The Balaban J connectivity index is 2.13. The summed E-state index contributed by atoms with van der Waals surface area (Å²) < 4.78 is 40.6. The van der Waals surface area contributed by atoms with Crippen LogP contribution in [0.5, 0.6) is 5.75 Å². The zero-order valence-corrected chi connectivity index (χ0v) is 9.20. The molecule has 1 aliphatic rings. The number of para-hydroxylation sites is 1. The maximum absolute atomic E-state index is 12.2. The van der Waals surface area contributed by atoms with E-state index in [-0.39, 0.29) is 11.8 Å². The topological polar surface area (TPSA) is 35.2 Å². The van der Waals surface area contributed by atoms with Crippen LogP contribution in [-0.2, 0) is 0 Å². The van der Waals surface area contributed by atoms with Gasteiger partial charge in [-0.25, -0.2) is 0 Å². The molecule has 1 aromatic carbocycles. The van der Waals surface area contributed by atoms with Crippen LogP contribution in [0.2, 0.25) is 0 Å². The van der Waals surface area contributed by atoms with Crippen LogP contribution in [0.25, 0.3) is 0 Å². The molecule has 1 fully saturated rings. The first-order chi connectivity index (χ1) is 7.96. The molecule has 1 saturated carbocycles. The van der Waals surface area contributed by atoms with E-state index in [0.29, 0.717) is 11.5 Å². The highest BCUT2D eigenvalue weighted by Gasteiger charge is 2.33. The van der Waals surface area contributed by atoms with Gasteiger partial charge in [-0.15, -0.1) is 13.2 Å². The van der Waals surface area contributed by atoms with E-state index in [4.69, 9.17) is 5.73 Å². The van der Waals surface area contributed by atoms with Gasteiger partial charge >= 0.3 is 6.36 Å². The van der Waals surface area contributed by atoms with Crippen molar-refractivity contribution in [2.45, 2.75) is 31.7 Å². The number of rotatable bonds is 4. The van der Waals surface area contributed by atoms with Crippen LogP contribution in [0.1, 0.15) is 30.9 Å². The molecule has 0 aliphatic heterocycles. The average Bonchev–Trinajstić information content (AvgIpc) is 3.00. The molecule has 2 rings (SSSR count). The molecule has 1 atom stereocenters. The predicted molar refractivity (Wildman–Crippen MR) is 57.4 cm³/mol. The average molecular weight is 245 g/mol. The van der Waals surface area contributed by atoms with E-state index in [9.17, 15) is 13.2 Å². The minimum absolute atomic E-state index is 0.187. The van der Waals surface area contributed by atoms with E-state index >= 15 is 0 Å². The van der Waals surface area contributed by atoms with Gasteiger partial charge < -0.3 is 10.5 Å². The summed E-state index contributed by atoms with van der Waals surface area (Å²) in [5.41, 5.74) is 6.34. The number of halogens is 3. The van der Waals surface area contributed by atoms with Crippen molar-refractivity contribution in [1.29, 1.82) is 0 Å². The van der Waals surface area contributed by atoms with Crippen LogP contribution in [0, 0.1) is 5.92 Å². The van der Waals surface area contributed by atoms with Gasteiger partial charge in [0.25, 0.3) is 0 Å². The van der Waals surface area contributed by atoms with E-state index in [1.807, 2.05) is 0 Å². The van der Waals surface area contributed by atoms with Crippen LogP contribution in [0.3, 0.4) is 0 Å². The monoisotopic (exact) mass is 245 g/mol. The normalized spacial score (nSPS) is 17.9. The molecule has 0 radical (unpaired) electrons. The Bertz CT molecular complexity index is 388. The maximum Gasteiger partial charge on any atom is 0.573 e. The van der Waals surface area contributed by atoms with Crippen molar-refractivity contribution in [2.24, 2.45) is 11.7 Å². The van der Waals surface area contributed by atoms with Crippen LogP contribution in [-0.4, -0.2) is 6.36 Å². The Kier molecular flexibility index (Phi) is 3.28. The highest BCUT2D eigenvalue weighted by molar-refractivity contribution is 5.36. The molecule has 0 bridgehead atoms. The zero-order valence-electron chi connectivity index (χ0n) is 9.20. The standard InChI is InChI=1S/C12H14F3NO/c13-12(14,15)17-11-4-2-1-3-9(11)10(16)7-8-5-6-8/h1-4,8,10H,5-7,16H2/t10-/m0/s1. The molecule has 0 aromatic heterocycles. The van der Waals surface area contributed by atoms with Crippen LogP contribution < -0.4 is 10.5 Å². The number of hydrogen-bond donors (Lipinski definition) is 1. The van der Waals surface area contributed by atoms with Gasteiger partial charge in [0.05, 0.1) is 0 Å². The lowest BCUT2D eigenvalue weighted by atomic mass is 10.0. The number of alkyl halides is 3. The lowest BCUT2D eigenvalue weighted by Crippen LogP contribution is -2.20. The van der Waals surface area contributed by atoms with Gasteiger partial charge in [-0.3, -0.25) is 0 Å². The second-order valence-corrected chi connectivity index (χ2v) is 4.37. The van der Waals surface area contributed by atoms with Crippen molar-refractivity contribution < 1.29 is 17.9 Å². The number of ether oxygens (including phenoxy) is 1. The summed E-state index contributed by atoms with van der Waals surface area (Å²) in [4.78, 5) is 0. The quantitative estimate of drug-likeness (QED) is 0.882. The van der Waals surface area contributed by atoms with Crippen molar-refractivity contribution in [1.82, 2.24) is 0 Å². The Morgan fingerprint density at radius 1 is 1.29 bits per heavy atom. The van der Waals surface area contributed by atoms with Gasteiger partial charge in [0, 0.05) is 11.6 Å². The first-order valence-electron chi connectivity index (χ1n) is 5.56. The molecule has 0 spiro atoms. The summed E-state index contributed by atoms with van der Waals surface area (Å²) in [6.45, 7) is 0. The zero-order chi connectivity index (χ0) is 12.5. The Labute approximate surface area is 97.6 Å². The molecule has 17 heavy (non-hydrogen) atoms. The largest absolute Gasteiger partial charge is 0.573 e. The predicted octanol–water partition coefficient (Wildman–Crippen LogP) is 3.39. The van der Waals surface area contributed by atoms with Crippen molar-refractivity contribution >= 4 is 0 Å². The van der Waals surface area contributed by atoms with Crippen molar-refractivity contribution in [2.75, 3.05) is 0 Å². The summed E-state index contributed by atoms with van der Waals surface area (Å²) in [6, 6.07) is 5.68. The number of hydrogen-bond acceptors (Lipinski definition) is 2. The smallest absolute Gasteiger partial charge is 0.405 e. The van der Waals surface area contributed by atoms with Crippen LogP contribution in [0.15, 0.2) is 24.3 Å². The van der Waals surface area contributed by atoms with Crippen LogP contribution in [0.4, 0.5) is 13.2 Å². The summed E-state index contributed by atoms with van der Waals surface area (Å²) >= 11 is 0. The van der Waals surface area contributed by atoms with Gasteiger partial charge in [-0.1, -0.05) is 31.0 Å². The summed E-state index contributed by atoms with van der Waals surface area (Å²) in [5.74, 6) is 0.372. The number of nitrogens with two attached hydrogens (primary N) is 1. The Morgan fingerprint density at radius 2 is 1.94 bits per heavy atom. The third-order valence-electron chi connectivity index (χ3n) is 2.83. The first kappa shape index (κ1) is 12.2. The summed E-state index contributed by atoms with van der Waals surface area (Å²) in [7, 11) is 0. The van der Waals surface area contributed by atoms with E-state index in [1.54, 1.807) is 12.1 Å². The van der Waals surface area contributed by atoms with E-state index < -0.39 is 6.36 Å². The molecule has 94 valence electrons. The fourth-order valence-corrected chi connectivity index (χ4v) is 1.84. The second kappa shape index (κ2) is 4.56. The lowest BCUT2D eigenvalue weighted by Gasteiger charge is -2.17. The molecule has 1 aromatic rings. The molecule has 5 heteroatoms. The van der Waals surface area contributed by atoms with Crippen molar-refractivity contribution in [3.8, 4) is 5.75 Å². The van der Waals surface area contributed by atoms with Gasteiger partial charge in [-0.2, -0.15) is 0 Å². The summed E-state index contributed by atoms with van der Waals surface area (Å²) in [5, 5.41) is 0. The molecule has 0 heterocycles. The van der Waals surface area contributed by atoms with E-state index in [1.165, 1.54) is 12.1 Å². The van der Waals surface area contributed by atoms with Crippen molar-refractivity contribution in [3.63, 3.8) is 0 Å². The van der Waals surface area contributed by atoms with Gasteiger partial charge in [0.1, 0.15) is 5.75 Å². The van der Waals surface area contributed by atoms with Crippen LogP contribution >= 0.6 is 0 Å². The Hall–Kier alpha value is -1.23. The van der Waals surface area contributed by atoms with Crippen molar-refractivity contribution in [3.05, 3.63) is 29.8 Å². The second-order valence-electron chi connectivity index (χ2n) is 4.37. The molecule has 2 nitrogen and oxygen atoms in total. The lowest BCUT2D eigenvalue weighted by molar-refractivity contribution is -0.275. The van der Waals surface area contributed by atoms with E-state index in [2.05, 4.69) is 4.74 Å². The fourth-order valence-electron chi connectivity index (χ4n) is 1.84. The van der Waals surface area contributed by atoms with Gasteiger partial charge in [0.2, 0.25) is 0 Å². The Morgan fingerprint density at radius 3 is 2.53 bits per heavy atom. The third kappa shape index (κ3) is 3.63. The highest BCUT2D eigenvalue weighted by Crippen LogP contribution is 2.39. The first-order valence-corrected chi connectivity index (χ1v) is 5.56. The molecular formula is C12H14F3NO. The number of benzene rings is 1. The molecule has 0 unspecified atom stereocenters. The molecule has 1 aliphatic carbocycles. The maximum atomic E-state index is 12.2. The van der Waals surface area contributed by atoms with Gasteiger partial charge in [-0.05, 0) is 18.4 Å². The van der Waals surface area contributed by atoms with E-state index in [0.717, 1.165) is 19.3 Å². The fraction of sp³-hybridized carbons (Fsp3) is 0.500. The minimum Gasteiger partial charge on any atom is -0.405 e. The summed E-state index contributed by atoms with van der Waals surface area (Å²) in [6.07, 6.45) is -1.71. The van der Waals surface area contributed by atoms with Gasteiger partial charge in [0.15, 0.2) is 0 Å². The minimum atomic E-state index is -4.67. The molecule has 0 amide bonds. The molecule has 0 saturated heterocycles.